The molecule has 0 saturated heterocycles. The van der Waals surface area contributed by atoms with Gasteiger partial charge in [0.2, 0.25) is 0 Å². The summed E-state index contributed by atoms with van der Waals surface area (Å²) in [6.45, 7) is 4.28. The molecule has 0 atom stereocenters. The first-order chi connectivity index (χ1) is 7.29. The quantitative estimate of drug-likeness (QED) is 0.680. The minimum Gasteiger partial charge on any atom is -0.392 e. The Morgan fingerprint density at radius 3 is 2.60 bits per heavy atom. The lowest BCUT2D eigenvalue weighted by Crippen LogP contribution is -1.93. The maximum absolute atomic E-state index is 9.17. The number of nitrogens with zero attached hydrogens (tertiary/aromatic N) is 1. The van der Waals surface area contributed by atoms with Crippen LogP contribution in [-0.4, -0.2) is 15.3 Å². The number of aliphatic hydroxyl groups excluding tert-OH is 1. The van der Waals surface area contributed by atoms with Gasteiger partial charge in [0.05, 0.1) is 12.3 Å². The Hall–Kier alpha value is -0.830. The molecule has 0 unspecified atom stereocenters. The standard InChI is InChI=1S/C12H22N2O/c1-3-4-5-6-7-8-12-11(9-15)10(2)13-14-12/h15H,3-9H2,1-2H3,(H,13,14). The molecule has 3 nitrogen and oxygen atoms in total. The maximum Gasteiger partial charge on any atom is 0.0718 e. The van der Waals surface area contributed by atoms with E-state index in [9.17, 15) is 0 Å². The van der Waals surface area contributed by atoms with E-state index < -0.39 is 0 Å². The summed E-state index contributed by atoms with van der Waals surface area (Å²) < 4.78 is 0. The molecule has 0 fully saturated rings. The van der Waals surface area contributed by atoms with E-state index in [4.69, 9.17) is 5.11 Å². The number of aromatic nitrogens is 2. The van der Waals surface area contributed by atoms with E-state index >= 15 is 0 Å². The van der Waals surface area contributed by atoms with Crippen molar-refractivity contribution >= 4 is 0 Å². The largest absolute Gasteiger partial charge is 0.392 e. The van der Waals surface area contributed by atoms with Crippen LogP contribution in [0, 0.1) is 6.92 Å². The number of hydrogen-bond donors (Lipinski definition) is 2. The molecule has 0 aliphatic heterocycles. The van der Waals surface area contributed by atoms with Crippen LogP contribution in [-0.2, 0) is 13.0 Å². The first-order valence-corrected chi connectivity index (χ1v) is 5.93. The number of aliphatic hydroxyl groups is 1. The van der Waals surface area contributed by atoms with E-state index in [1.54, 1.807) is 0 Å². The molecule has 1 rings (SSSR count). The second kappa shape index (κ2) is 6.62. The molecule has 0 aliphatic rings. The molecule has 0 amide bonds. The lowest BCUT2D eigenvalue weighted by atomic mass is 10.1. The summed E-state index contributed by atoms with van der Waals surface area (Å²) in [5.41, 5.74) is 3.04. The van der Waals surface area contributed by atoms with E-state index in [2.05, 4.69) is 17.1 Å². The van der Waals surface area contributed by atoms with Crippen LogP contribution in [0.5, 0.6) is 0 Å². The van der Waals surface area contributed by atoms with E-state index in [-0.39, 0.29) is 6.61 Å². The van der Waals surface area contributed by atoms with Gasteiger partial charge in [-0.1, -0.05) is 32.6 Å². The number of aromatic amines is 1. The first-order valence-electron chi connectivity index (χ1n) is 5.93. The molecule has 3 heteroatoms. The van der Waals surface area contributed by atoms with E-state index in [1.807, 2.05) is 6.92 Å². The molecular weight excluding hydrogens is 188 g/mol. The van der Waals surface area contributed by atoms with Crippen molar-refractivity contribution in [2.45, 2.75) is 59.0 Å². The number of rotatable bonds is 7. The van der Waals surface area contributed by atoms with Gasteiger partial charge >= 0.3 is 0 Å². The highest BCUT2D eigenvalue weighted by Crippen LogP contribution is 2.14. The summed E-state index contributed by atoms with van der Waals surface area (Å²) in [5, 5.41) is 16.3. The van der Waals surface area contributed by atoms with Gasteiger partial charge in [0.1, 0.15) is 0 Å². The molecule has 0 spiro atoms. The van der Waals surface area contributed by atoms with Crippen molar-refractivity contribution in [1.29, 1.82) is 0 Å². The Balaban J connectivity index is 2.30. The molecule has 0 saturated carbocycles. The summed E-state index contributed by atoms with van der Waals surface area (Å²) in [7, 11) is 0. The highest BCUT2D eigenvalue weighted by Gasteiger charge is 2.07. The number of nitrogens with one attached hydrogen (secondary N) is 1. The van der Waals surface area contributed by atoms with Crippen LogP contribution in [0.1, 0.15) is 56.0 Å². The molecule has 2 N–H and O–H groups in total. The zero-order valence-electron chi connectivity index (χ0n) is 9.84. The summed E-state index contributed by atoms with van der Waals surface area (Å²) in [6, 6.07) is 0. The molecule has 0 aromatic carbocycles. The molecule has 1 heterocycles. The molecule has 0 aliphatic carbocycles. The third-order valence-corrected chi connectivity index (χ3v) is 2.83. The minimum atomic E-state index is 0.104. The fourth-order valence-corrected chi connectivity index (χ4v) is 1.82. The molecule has 0 radical (unpaired) electrons. The number of hydrogen-bond acceptors (Lipinski definition) is 2. The summed E-state index contributed by atoms with van der Waals surface area (Å²) in [4.78, 5) is 0. The van der Waals surface area contributed by atoms with Crippen molar-refractivity contribution in [3.8, 4) is 0 Å². The van der Waals surface area contributed by atoms with Crippen LogP contribution in [0.4, 0.5) is 0 Å². The van der Waals surface area contributed by atoms with Crippen molar-refractivity contribution in [3.05, 3.63) is 17.0 Å². The fourth-order valence-electron chi connectivity index (χ4n) is 1.82. The Morgan fingerprint density at radius 1 is 1.20 bits per heavy atom. The third-order valence-electron chi connectivity index (χ3n) is 2.83. The van der Waals surface area contributed by atoms with Crippen molar-refractivity contribution in [2.75, 3.05) is 0 Å². The number of unbranched alkanes of at least 4 members (excludes halogenated alkanes) is 4. The minimum absolute atomic E-state index is 0.104. The summed E-state index contributed by atoms with van der Waals surface area (Å²) in [6.07, 6.45) is 7.36. The maximum atomic E-state index is 9.17. The van der Waals surface area contributed by atoms with Gasteiger partial charge in [-0.3, -0.25) is 5.10 Å². The lowest BCUT2D eigenvalue weighted by molar-refractivity contribution is 0.279. The highest BCUT2D eigenvalue weighted by molar-refractivity contribution is 5.23. The summed E-state index contributed by atoms with van der Waals surface area (Å²) in [5.74, 6) is 0. The summed E-state index contributed by atoms with van der Waals surface area (Å²) >= 11 is 0. The van der Waals surface area contributed by atoms with Crippen LogP contribution in [0.3, 0.4) is 0 Å². The number of aryl methyl sites for hydroxylation is 2. The molecule has 86 valence electrons. The van der Waals surface area contributed by atoms with E-state index in [0.29, 0.717) is 0 Å². The first kappa shape index (κ1) is 12.2. The van der Waals surface area contributed by atoms with Crippen molar-refractivity contribution < 1.29 is 5.11 Å². The van der Waals surface area contributed by atoms with Gasteiger partial charge in [-0.2, -0.15) is 5.10 Å². The van der Waals surface area contributed by atoms with Crippen LogP contribution in [0.2, 0.25) is 0 Å². The fraction of sp³-hybridized carbons (Fsp3) is 0.750. The number of H-pyrrole nitrogens is 1. The molecule has 0 bridgehead atoms. The smallest absolute Gasteiger partial charge is 0.0718 e. The van der Waals surface area contributed by atoms with Gasteiger partial charge in [-0.15, -0.1) is 0 Å². The second-order valence-electron chi connectivity index (χ2n) is 4.10. The van der Waals surface area contributed by atoms with Crippen molar-refractivity contribution in [3.63, 3.8) is 0 Å². The van der Waals surface area contributed by atoms with Crippen molar-refractivity contribution in [1.82, 2.24) is 10.2 Å². The highest BCUT2D eigenvalue weighted by atomic mass is 16.3. The van der Waals surface area contributed by atoms with Crippen LogP contribution in [0.25, 0.3) is 0 Å². The predicted octanol–water partition coefficient (Wildman–Crippen LogP) is 2.72. The van der Waals surface area contributed by atoms with Crippen molar-refractivity contribution in [2.24, 2.45) is 0 Å². The van der Waals surface area contributed by atoms with Gasteiger partial charge in [-0.05, 0) is 19.8 Å². The van der Waals surface area contributed by atoms with Gasteiger partial charge in [0.25, 0.3) is 0 Å². The Morgan fingerprint density at radius 2 is 1.93 bits per heavy atom. The Kier molecular flexibility index (Phi) is 5.40. The third kappa shape index (κ3) is 3.67. The van der Waals surface area contributed by atoms with Crippen LogP contribution < -0.4 is 0 Å². The van der Waals surface area contributed by atoms with Crippen LogP contribution in [0.15, 0.2) is 0 Å². The lowest BCUT2D eigenvalue weighted by Gasteiger charge is -2.00. The second-order valence-corrected chi connectivity index (χ2v) is 4.10. The van der Waals surface area contributed by atoms with E-state index in [0.717, 1.165) is 23.4 Å². The predicted molar refractivity (Wildman–Crippen MR) is 61.7 cm³/mol. The average Bonchev–Trinajstić information content (AvgIpc) is 2.59. The monoisotopic (exact) mass is 210 g/mol. The Labute approximate surface area is 91.9 Å². The average molecular weight is 210 g/mol. The molecule has 1 aromatic rings. The molecule has 15 heavy (non-hydrogen) atoms. The topological polar surface area (TPSA) is 48.9 Å². The Bertz CT molecular complexity index is 281. The molecular formula is C12H22N2O. The molecule has 1 aromatic heterocycles. The zero-order chi connectivity index (χ0) is 11.1. The van der Waals surface area contributed by atoms with Crippen LogP contribution >= 0.6 is 0 Å². The van der Waals surface area contributed by atoms with Gasteiger partial charge in [-0.25, -0.2) is 0 Å². The normalized spacial score (nSPS) is 10.9. The zero-order valence-corrected chi connectivity index (χ0v) is 9.84. The SMILES string of the molecule is CCCCCCCc1n[nH]c(C)c1CO. The van der Waals surface area contributed by atoms with Gasteiger partial charge < -0.3 is 5.11 Å². The van der Waals surface area contributed by atoms with Gasteiger partial charge in [0, 0.05) is 11.3 Å². The van der Waals surface area contributed by atoms with E-state index in [1.165, 1.54) is 32.1 Å². The van der Waals surface area contributed by atoms with Gasteiger partial charge in [0.15, 0.2) is 0 Å².